The Morgan fingerprint density at radius 3 is 2.32 bits per heavy atom. The van der Waals surface area contributed by atoms with E-state index in [0.29, 0.717) is 5.92 Å². The third-order valence-corrected chi connectivity index (χ3v) is 5.23. The molecule has 0 aromatic rings. The molecule has 0 amide bonds. The molecule has 2 rings (SSSR count). The lowest BCUT2D eigenvalue weighted by Crippen LogP contribution is -2.37. The van der Waals surface area contributed by atoms with Crippen LogP contribution in [0.2, 0.25) is 0 Å². The fourth-order valence-corrected chi connectivity index (χ4v) is 3.57. The van der Waals surface area contributed by atoms with Crippen LogP contribution in [0, 0.1) is 23.2 Å². The van der Waals surface area contributed by atoms with Gasteiger partial charge in [-0.25, -0.2) is 0 Å². The molecule has 3 heteroatoms. The van der Waals surface area contributed by atoms with Crippen LogP contribution in [-0.2, 0) is 0 Å². The standard InChI is InChI=1S/C16H29N3/c1-18-10-7-14(8-11-18)9-12-19(2)16-5-3-15(13-17)4-6-16/h14-16H,3-12H2,1-2H3. The highest BCUT2D eigenvalue weighted by molar-refractivity contribution is 4.89. The molecular formula is C16H29N3. The minimum absolute atomic E-state index is 0.332. The summed E-state index contributed by atoms with van der Waals surface area (Å²) in [7, 11) is 4.52. The highest BCUT2D eigenvalue weighted by Gasteiger charge is 2.24. The second-order valence-corrected chi connectivity index (χ2v) is 6.65. The number of nitrogens with zero attached hydrogens (tertiary/aromatic N) is 3. The summed E-state index contributed by atoms with van der Waals surface area (Å²) in [5, 5.41) is 8.94. The third-order valence-electron chi connectivity index (χ3n) is 5.23. The molecule has 3 nitrogen and oxygen atoms in total. The Morgan fingerprint density at radius 2 is 1.74 bits per heavy atom. The van der Waals surface area contributed by atoms with Gasteiger partial charge in [0.25, 0.3) is 0 Å². The van der Waals surface area contributed by atoms with Crippen molar-refractivity contribution in [3.63, 3.8) is 0 Å². The summed E-state index contributed by atoms with van der Waals surface area (Å²) in [5.41, 5.74) is 0. The van der Waals surface area contributed by atoms with Crippen molar-refractivity contribution in [2.75, 3.05) is 33.7 Å². The second-order valence-electron chi connectivity index (χ2n) is 6.65. The summed E-state index contributed by atoms with van der Waals surface area (Å²) in [6.45, 7) is 3.81. The maximum atomic E-state index is 8.94. The molecule has 0 radical (unpaired) electrons. The zero-order valence-corrected chi connectivity index (χ0v) is 12.6. The first-order valence-corrected chi connectivity index (χ1v) is 7.97. The SMILES string of the molecule is CN1CCC(CCN(C)C2CCC(C#N)CC2)CC1. The van der Waals surface area contributed by atoms with Gasteiger partial charge in [0.2, 0.25) is 0 Å². The van der Waals surface area contributed by atoms with Crippen molar-refractivity contribution in [1.82, 2.24) is 9.80 Å². The molecule has 0 spiro atoms. The minimum atomic E-state index is 0.332. The van der Waals surface area contributed by atoms with Crippen LogP contribution in [0.5, 0.6) is 0 Å². The average molecular weight is 263 g/mol. The Hall–Kier alpha value is -0.590. The highest BCUT2D eigenvalue weighted by atomic mass is 15.1. The zero-order valence-electron chi connectivity index (χ0n) is 12.6. The fraction of sp³-hybridized carbons (Fsp3) is 0.938. The molecule has 2 fully saturated rings. The third kappa shape index (κ3) is 4.47. The van der Waals surface area contributed by atoms with Crippen LogP contribution in [0.25, 0.3) is 0 Å². The van der Waals surface area contributed by atoms with E-state index in [2.05, 4.69) is 30.0 Å². The van der Waals surface area contributed by atoms with Gasteiger partial charge in [-0.1, -0.05) is 0 Å². The van der Waals surface area contributed by atoms with Crippen LogP contribution in [0.1, 0.15) is 44.9 Å². The molecule has 1 saturated heterocycles. The minimum Gasteiger partial charge on any atom is -0.306 e. The first-order valence-electron chi connectivity index (χ1n) is 7.97. The molecule has 1 saturated carbocycles. The number of hydrogen-bond acceptors (Lipinski definition) is 3. The Kier molecular flexibility index (Phi) is 5.66. The number of hydrogen-bond donors (Lipinski definition) is 0. The smallest absolute Gasteiger partial charge is 0.0655 e. The van der Waals surface area contributed by atoms with Crippen LogP contribution < -0.4 is 0 Å². The number of nitriles is 1. The van der Waals surface area contributed by atoms with Crippen molar-refractivity contribution in [1.29, 1.82) is 5.26 Å². The first-order chi connectivity index (χ1) is 9.19. The molecule has 0 N–H and O–H groups in total. The van der Waals surface area contributed by atoms with Crippen molar-refractivity contribution in [2.24, 2.45) is 11.8 Å². The molecule has 1 heterocycles. The summed E-state index contributed by atoms with van der Waals surface area (Å²) in [5.74, 6) is 1.27. The van der Waals surface area contributed by atoms with Gasteiger partial charge >= 0.3 is 0 Å². The molecule has 108 valence electrons. The molecule has 19 heavy (non-hydrogen) atoms. The van der Waals surface area contributed by atoms with Crippen molar-refractivity contribution in [2.45, 2.75) is 51.0 Å². The number of rotatable bonds is 4. The van der Waals surface area contributed by atoms with E-state index >= 15 is 0 Å². The van der Waals surface area contributed by atoms with Gasteiger partial charge in [0.05, 0.1) is 6.07 Å². The Labute approximate surface area is 118 Å². The van der Waals surface area contributed by atoms with E-state index in [-0.39, 0.29) is 0 Å². The van der Waals surface area contributed by atoms with Gasteiger partial charge in [-0.15, -0.1) is 0 Å². The second kappa shape index (κ2) is 7.26. The fourth-order valence-electron chi connectivity index (χ4n) is 3.57. The lowest BCUT2D eigenvalue weighted by atomic mass is 9.86. The van der Waals surface area contributed by atoms with E-state index in [9.17, 15) is 0 Å². The quantitative estimate of drug-likeness (QED) is 0.781. The Morgan fingerprint density at radius 1 is 1.11 bits per heavy atom. The van der Waals surface area contributed by atoms with Crippen molar-refractivity contribution < 1.29 is 0 Å². The van der Waals surface area contributed by atoms with Gasteiger partial charge in [0, 0.05) is 12.0 Å². The van der Waals surface area contributed by atoms with Gasteiger partial charge in [0.1, 0.15) is 0 Å². The lowest BCUT2D eigenvalue weighted by molar-refractivity contribution is 0.150. The maximum Gasteiger partial charge on any atom is 0.0655 e. The summed E-state index contributed by atoms with van der Waals surface area (Å²) >= 11 is 0. The molecule has 0 aromatic heterocycles. The molecule has 0 unspecified atom stereocenters. The predicted molar refractivity (Wildman–Crippen MR) is 78.8 cm³/mol. The van der Waals surface area contributed by atoms with Crippen molar-refractivity contribution in [3.8, 4) is 6.07 Å². The van der Waals surface area contributed by atoms with E-state index in [1.54, 1.807) is 0 Å². The predicted octanol–water partition coefficient (Wildman–Crippen LogP) is 2.73. The largest absolute Gasteiger partial charge is 0.306 e. The summed E-state index contributed by atoms with van der Waals surface area (Å²) < 4.78 is 0. The molecule has 1 aliphatic heterocycles. The number of piperidine rings is 1. The molecule has 0 atom stereocenters. The highest BCUT2D eigenvalue weighted by Crippen LogP contribution is 2.27. The van der Waals surface area contributed by atoms with Gasteiger partial charge in [-0.05, 0) is 84.6 Å². The summed E-state index contributed by atoms with van der Waals surface area (Å²) in [4.78, 5) is 5.01. The van der Waals surface area contributed by atoms with Gasteiger partial charge in [-0.2, -0.15) is 5.26 Å². The Bertz CT molecular complexity index is 294. The summed E-state index contributed by atoms with van der Waals surface area (Å²) in [6, 6.07) is 3.16. The van der Waals surface area contributed by atoms with E-state index < -0.39 is 0 Å². The topological polar surface area (TPSA) is 30.3 Å². The van der Waals surface area contributed by atoms with Gasteiger partial charge < -0.3 is 9.80 Å². The van der Waals surface area contributed by atoms with E-state index in [1.165, 1.54) is 51.7 Å². The lowest BCUT2D eigenvalue weighted by Gasteiger charge is -2.35. The van der Waals surface area contributed by atoms with Gasteiger partial charge in [0.15, 0.2) is 0 Å². The van der Waals surface area contributed by atoms with Crippen LogP contribution >= 0.6 is 0 Å². The van der Waals surface area contributed by atoms with Crippen molar-refractivity contribution >= 4 is 0 Å². The van der Waals surface area contributed by atoms with Crippen LogP contribution in [0.3, 0.4) is 0 Å². The maximum absolute atomic E-state index is 8.94. The van der Waals surface area contributed by atoms with Crippen LogP contribution in [-0.4, -0.2) is 49.6 Å². The summed E-state index contributed by atoms with van der Waals surface area (Å²) in [6.07, 6.45) is 8.79. The zero-order chi connectivity index (χ0) is 13.7. The normalized spacial score (nSPS) is 30.4. The average Bonchev–Trinajstić information content (AvgIpc) is 2.46. The van der Waals surface area contributed by atoms with Crippen LogP contribution in [0.4, 0.5) is 0 Å². The monoisotopic (exact) mass is 263 g/mol. The Balaban J connectivity index is 1.64. The molecular weight excluding hydrogens is 234 g/mol. The van der Waals surface area contributed by atoms with Crippen molar-refractivity contribution in [3.05, 3.63) is 0 Å². The first kappa shape index (κ1) is 14.8. The van der Waals surface area contributed by atoms with Crippen LogP contribution in [0.15, 0.2) is 0 Å². The van der Waals surface area contributed by atoms with Gasteiger partial charge in [-0.3, -0.25) is 0 Å². The molecule has 0 bridgehead atoms. The van der Waals surface area contributed by atoms with E-state index in [4.69, 9.17) is 5.26 Å². The molecule has 0 aromatic carbocycles. The van der Waals surface area contributed by atoms with E-state index in [0.717, 1.165) is 24.8 Å². The molecule has 1 aliphatic carbocycles. The molecule has 2 aliphatic rings. The van der Waals surface area contributed by atoms with E-state index in [1.807, 2.05) is 0 Å². The number of likely N-dealkylation sites (tertiary alicyclic amines) is 1.